The molecule has 0 unspecified atom stereocenters. The molecule has 0 saturated heterocycles. The highest BCUT2D eigenvalue weighted by Crippen LogP contribution is 2.24. The van der Waals surface area contributed by atoms with Crippen LogP contribution < -0.4 is 0 Å². The number of hydrogen-bond donors (Lipinski definition) is 0. The number of aromatic nitrogens is 3. The number of hydrogen-bond acceptors (Lipinski definition) is 3. The van der Waals surface area contributed by atoms with E-state index < -0.39 is 0 Å². The molecule has 0 fully saturated rings. The minimum Gasteiger partial charge on any atom is -0.219 e. The van der Waals surface area contributed by atoms with Crippen LogP contribution in [0.3, 0.4) is 0 Å². The summed E-state index contributed by atoms with van der Waals surface area (Å²) < 4.78 is 1.71. The van der Waals surface area contributed by atoms with Crippen molar-refractivity contribution in [3.63, 3.8) is 0 Å². The summed E-state index contributed by atoms with van der Waals surface area (Å²) in [6, 6.07) is 14.1. The molecule has 2 heterocycles. The van der Waals surface area contributed by atoms with Gasteiger partial charge in [-0.2, -0.15) is 10.4 Å². The molecule has 0 aliphatic carbocycles. The highest BCUT2D eigenvalue weighted by molar-refractivity contribution is 5.69. The van der Waals surface area contributed by atoms with E-state index in [1.165, 1.54) is 0 Å². The Hall–Kier alpha value is -2.67. The van der Waals surface area contributed by atoms with E-state index in [4.69, 9.17) is 0 Å². The molecule has 0 atom stereocenters. The molecule has 0 radical (unpaired) electrons. The molecule has 3 aromatic rings. The lowest BCUT2D eigenvalue weighted by Crippen LogP contribution is -2.13. The van der Waals surface area contributed by atoms with E-state index in [1.807, 2.05) is 42.6 Å². The van der Waals surface area contributed by atoms with Crippen LogP contribution in [0.5, 0.6) is 0 Å². The molecule has 21 heavy (non-hydrogen) atoms. The Bertz CT molecular complexity index is 833. The zero-order valence-electron chi connectivity index (χ0n) is 12.3. The monoisotopic (exact) mass is 276 g/mol. The van der Waals surface area contributed by atoms with Crippen molar-refractivity contribution in [2.75, 3.05) is 0 Å². The quantitative estimate of drug-likeness (QED) is 0.682. The lowest BCUT2D eigenvalue weighted by molar-refractivity contribution is 0.545. The molecule has 4 heteroatoms. The minimum atomic E-state index is -0.147. The number of benzene rings is 1. The average Bonchev–Trinajstić information content (AvgIpc) is 2.91. The van der Waals surface area contributed by atoms with Gasteiger partial charge in [-0.3, -0.25) is 0 Å². The first-order chi connectivity index (χ1) is 9.99. The molecule has 104 valence electrons. The molecular formula is C17H16N4. The van der Waals surface area contributed by atoms with Crippen molar-refractivity contribution in [1.82, 2.24) is 14.6 Å². The minimum absolute atomic E-state index is 0.147. The molecule has 3 rings (SSSR count). The highest BCUT2D eigenvalue weighted by Gasteiger charge is 2.21. The van der Waals surface area contributed by atoms with Gasteiger partial charge in [-0.05, 0) is 11.6 Å². The van der Waals surface area contributed by atoms with Crippen molar-refractivity contribution >= 4 is 5.65 Å². The van der Waals surface area contributed by atoms with Crippen molar-refractivity contribution in [3.05, 3.63) is 54.0 Å². The summed E-state index contributed by atoms with van der Waals surface area (Å²) in [5.74, 6) is 0.740. The molecule has 0 bridgehead atoms. The summed E-state index contributed by atoms with van der Waals surface area (Å²) in [6.07, 6.45) is 1.92. The van der Waals surface area contributed by atoms with Crippen molar-refractivity contribution in [1.29, 1.82) is 5.26 Å². The van der Waals surface area contributed by atoms with Crippen LogP contribution in [0.15, 0.2) is 42.6 Å². The van der Waals surface area contributed by atoms with Crippen LogP contribution in [-0.4, -0.2) is 14.6 Å². The van der Waals surface area contributed by atoms with Gasteiger partial charge in [0.2, 0.25) is 0 Å². The molecule has 4 nitrogen and oxygen atoms in total. The molecule has 2 aromatic heterocycles. The van der Waals surface area contributed by atoms with E-state index in [1.54, 1.807) is 4.52 Å². The number of nitriles is 1. The van der Waals surface area contributed by atoms with Crippen LogP contribution in [0.4, 0.5) is 0 Å². The summed E-state index contributed by atoms with van der Waals surface area (Å²) in [4.78, 5) is 4.52. The highest BCUT2D eigenvalue weighted by atomic mass is 15.3. The maximum Gasteiger partial charge on any atom is 0.173 e. The maximum absolute atomic E-state index is 9.39. The van der Waals surface area contributed by atoms with E-state index in [9.17, 15) is 5.26 Å². The Morgan fingerprint density at radius 3 is 2.43 bits per heavy atom. The molecule has 0 spiro atoms. The van der Waals surface area contributed by atoms with Gasteiger partial charge in [0, 0.05) is 17.2 Å². The molecule has 1 aromatic carbocycles. The molecule has 0 aliphatic rings. The summed E-state index contributed by atoms with van der Waals surface area (Å²) in [7, 11) is 0. The third-order valence-electron chi connectivity index (χ3n) is 3.33. The summed E-state index contributed by atoms with van der Waals surface area (Å²) in [5, 5.41) is 13.9. The molecular weight excluding hydrogens is 260 g/mol. The van der Waals surface area contributed by atoms with Crippen molar-refractivity contribution in [2.24, 2.45) is 0 Å². The SMILES string of the molecule is CC(C)(C)c1nc2c(C#N)cc(-c3ccccc3)cn2n1. The van der Waals surface area contributed by atoms with Gasteiger partial charge < -0.3 is 0 Å². The largest absolute Gasteiger partial charge is 0.219 e. The first-order valence-electron chi connectivity index (χ1n) is 6.85. The Kier molecular flexibility index (Phi) is 2.99. The van der Waals surface area contributed by atoms with E-state index in [2.05, 4.69) is 36.9 Å². The van der Waals surface area contributed by atoms with Gasteiger partial charge in [0.1, 0.15) is 6.07 Å². The molecule has 0 saturated carbocycles. The molecule has 0 aliphatic heterocycles. The van der Waals surface area contributed by atoms with Gasteiger partial charge in [0.25, 0.3) is 0 Å². The smallest absolute Gasteiger partial charge is 0.173 e. The van der Waals surface area contributed by atoms with Gasteiger partial charge in [-0.15, -0.1) is 0 Å². The van der Waals surface area contributed by atoms with Gasteiger partial charge in [-0.25, -0.2) is 9.50 Å². The van der Waals surface area contributed by atoms with Gasteiger partial charge in [-0.1, -0.05) is 51.1 Å². The Balaban J connectivity index is 2.25. The Labute approximate surface area is 123 Å². The van der Waals surface area contributed by atoms with E-state index >= 15 is 0 Å². The second-order valence-electron chi connectivity index (χ2n) is 6.07. The van der Waals surface area contributed by atoms with Crippen molar-refractivity contribution in [2.45, 2.75) is 26.2 Å². The number of rotatable bonds is 1. The van der Waals surface area contributed by atoms with Gasteiger partial charge >= 0.3 is 0 Å². The fourth-order valence-corrected chi connectivity index (χ4v) is 2.17. The lowest BCUT2D eigenvalue weighted by atomic mass is 9.96. The first-order valence-corrected chi connectivity index (χ1v) is 6.85. The second kappa shape index (κ2) is 4.71. The van der Waals surface area contributed by atoms with Crippen LogP contribution >= 0.6 is 0 Å². The third kappa shape index (κ3) is 2.38. The predicted octanol–water partition coefficient (Wildman–Crippen LogP) is 3.57. The van der Waals surface area contributed by atoms with Crippen molar-refractivity contribution < 1.29 is 0 Å². The zero-order valence-corrected chi connectivity index (χ0v) is 12.3. The van der Waals surface area contributed by atoms with Crippen molar-refractivity contribution in [3.8, 4) is 17.2 Å². The first kappa shape index (κ1) is 13.3. The van der Waals surface area contributed by atoms with Crippen LogP contribution in [0, 0.1) is 11.3 Å². The zero-order chi connectivity index (χ0) is 15.0. The normalized spacial score (nSPS) is 11.5. The van der Waals surface area contributed by atoms with E-state index in [-0.39, 0.29) is 5.41 Å². The summed E-state index contributed by atoms with van der Waals surface area (Å²) >= 11 is 0. The predicted molar refractivity (Wildman–Crippen MR) is 81.8 cm³/mol. The average molecular weight is 276 g/mol. The number of nitrogens with zero attached hydrogens (tertiary/aromatic N) is 4. The van der Waals surface area contributed by atoms with Gasteiger partial charge in [0.15, 0.2) is 11.5 Å². The van der Waals surface area contributed by atoms with Crippen LogP contribution in [0.25, 0.3) is 16.8 Å². The number of fused-ring (bicyclic) bond motifs is 1. The third-order valence-corrected chi connectivity index (χ3v) is 3.33. The van der Waals surface area contributed by atoms with Gasteiger partial charge in [0.05, 0.1) is 5.56 Å². The standard InChI is InChI=1S/C17H16N4/c1-17(2,3)16-19-15-13(10-18)9-14(11-21(15)20-16)12-7-5-4-6-8-12/h4-9,11H,1-3H3. The molecule has 0 amide bonds. The summed E-state index contributed by atoms with van der Waals surface area (Å²) in [6.45, 7) is 6.18. The van der Waals surface area contributed by atoms with E-state index in [0.29, 0.717) is 11.2 Å². The fourth-order valence-electron chi connectivity index (χ4n) is 2.17. The van der Waals surface area contributed by atoms with E-state index in [0.717, 1.165) is 17.0 Å². The van der Waals surface area contributed by atoms with Crippen LogP contribution in [0.2, 0.25) is 0 Å². The van der Waals surface area contributed by atoms with Crippen LogP contribution in [-0.2, 0) is 5.41 Å². The fraction of sp³-hybridized carbons (Fsp3) is 0.235. The summed E-state index contributed by atoms with van der Waals surface area (Å²) in [5.41, 5.74) is 3.03. The lowest BCUT2D eigenvalue weighted by Gasteiger charge is -2.11. The van der Waals surface area contributed by atoms with Crippen LogP contribution in [0.1, 0.15) is 32.2 Å². The maximum atomic E-state index is 9.39. The molecule has 0 N–H and O–H groups in total. The second-order valence-corrected chi connectivity index (χ2v) is 6.07. The Morgan fingerprint density at radius 2 is 1.81 bits per heavy atom. The Morgan fingerprint density at radius 1 is 1.10 bits per heavy atom. The number of pyridine rings is 1. The topological polar surface area (TPSA) is 54.0 Å².